The molecule has 0 saturated carbocycles. The van der Waals surface area contributed by atoms with Gasteiger partial charge >= 0.3 is 5.97 Å². The molecule has 0 unspecified atom stereocenters. The van der Waals surface area contributed by atoms with Crippen molar-refractivity contribution in [3.63, 3.8) is 0 Å². The second-order valence-corrected chi connectivity index (χ2v) is 4.37. The molecule has 0 aliphatic carbocycles. The lowest BCUT2D eigenvalue weighted by molar-refractivity contribution is -0.144. The first-order valence-electron chi connectivity index (χ1n) is 6.13. The summed E-state index contributed by atoms with van der Waals surface area (Å²) in [6.07, 6.45) is 0.712. The molecule has 2 atom stereocenters. The Labute approximate surface area is 112 Å². The summed E-state index contributed by atoms with van der Waals surface area (Å²) >= 11 is 0. The Hall–Kier alpha value is -1.91. The molecule has 1 aromatic carbocycles. The first-order chi connectivity index (χ1) is 8.99. The van der Waals surface area contributed by atoms with E-state index in [1.807, 2.05) is 13.8 Å². The van der Waals surface area contributed by atoms with E-state index >= 15 is 0 Å². The van der Waals surface area contributed by atoms with Crippen molar-refractivity contribution in [2.45, 2.75) is 26.3 Å². The third-order valence-electron chi connectivity index (χ3n) is 3.04. The van der Waals surface area contributed by atoms with Crippen LogP contribution in [-0.2, 0) is 9.53 Å². The quantitative estimate of drug-likeness (QED) is 0.832. The van der Waals surface area contributed by atoms with Crippen LogP contribution in [0.1, 0.15) is 30.6 Å². The number of amides is 1. The van der Waals surface area contributed by atoms with E-state index in [9.17, 15) is 14.0 Å². The lowest BCUT2D eigenvalue weighted by Gasteiger charge is -2.21. The first-order valence-corrected chi connectivity index (χ1v) is 6.13. The summed E-state index contributed by atoms with van der Waals surface area (Å²) in [5, 5.41) is 2.58. The fraction of sp³-hybridized carbons (Fsp3) is 0.429. The van der Waals surface area contributed by atoms with E-state index in [1.165, 1.54) is 25.3 Å². The minimum absolute atomic E-state index is 0.0649. The summed E-state index contributed by atoms with van der Waals surface area (Å²) in [5.74, 6) is -1.55. The van der Waals surface area contributed by atoms with Crippen LogP contribution in [0.4, 0.5) is 4.39 Å². The largest absolute Gasteiger partial charge is 0.467 e. The van der Waals surface area contributed by atoms with Gasteiger partial charge in [-0.1, -0.05) is 26.3 Å². The highest BCUT2D eigenvalue weighted by Gasteiger charge is 2.27. The number of nitrogens with one attached hydrogen (secondary N) is 1. The number of rotatable bonds is 5. The Morgan fingerprint density at radius 3 is 2.63 bits per heavy atom. The van der Waals surface area contributed by atoms with Gasteiger partial charge < -0.3 is 10.1 Å². The summed E-state index contributed by atoms with van der Waals surface area (Å²) in [5.41, 5.74) is 0.178. The van der Waals surface area contributed by atoms with Gasteiger partial charge in [-0.25, -0.2) is 9.18 Å². The van der Waals surface area contributed by atoms with Gasteiger partial charge in [0.1, 0.15) is 11.9 Å². The lowest BCUT2D eigenvalue weighted by atomic mass is 9.99. The summed E-state index contributed by atoms with van der Waals surface area (Å²) in [4.78, 5) is 23.6. The molecule has 0 aliphatic rings. The minimum atomic E-state index is -0.731. The zero-order valence-electron chi connectivity index (χ0n) is 11.3. The van der Waals surface area contributed by atoms with Crippen LogP contribution in [0.5, 0.6) is 0 Å². The van der Waals surface area contributed by atoms with Gasteiger partial charge in [-0.3, -0.25) is 4.79 Å². The second kappa shape index (κ2) is 6.87. The molecule has 5 heteroatoms. The number of halogens is 1. The Balaban J connectivity index is 2.84. The molecule has 19 heavy (non-hydrogen) atoms. The van der Waals surface area contributed by atoms with Gasteiger partial charge in [0.15, 0.2) is 0 Å². The van der Waals surface area contributed by atoms with Crippen molar-refractivity contribution in [3.8, 4) is 0 Å². The average molecular weight is 267 g/mol. The van der Waals surface area contributed by atoms with Crippen molar-refractivity contribution >= 4 is 11.9 Å². The van der Waals surface area contributed by atoms with Crippen LogP contribution in [0, 0.1) is 11.7 Å². The Morgan fingerprint density at radius 2 is 2.11 bits per heavy atom. The highest BCUT2D eigenvalue weighted by Crippen LogP contribution is 2.11. The number of methoxy groups -OCH3 is 1. The van der Waals surface area contributed by atoms with E-state index in [-0.39, 0.29) is 11.5 Å². The monoisotopic (exact) mass is 267 g/mol. The number of hydrogen-bond donors (Lipinski definition) is 1. The topological polar surface area (TPSA) is 55.4 Å². The maximum absolute atomic E-state index is 13.0. The summed E-state index contributed by atoms with van der Waals surface area (Å²) in [6, 6.07) is 4.58. The molecule has 4 nitrogen and oxygen atoms in total. The molecule has 1 amide bonds. The molecular formula is C14H18FNO3. The maximum Gasteiger partial charge on any atom is 0.328 e. The van der Waals surface area contributed by atoms with E-state index in [1.54, 1.807) is 0 Å². The highest BCUT2D eigenvalue weighted by atomic mass is 19.1. The van der Waals surface area contributed by atoms with Crippen LogP contribution in [0.3, 0.4) is 0 Å². The Kier molecular flexibility index (Phi) is 5.48. The minimum Gasteiger partial charge on any atom is -0.467 e. The zero-order chi connectivity index (χ0) is 14.4. The molecular weight excluding hydrogens is 249 g/mol. The fourth-order valence-electron chi connectivity index (χ4n) is 1.65. The maximum atomic E-state index is 13.0. The van der Waals surface area contributed by atoms with Crippen molar-refractivity contribution in [2.24, 2.45) is 5.92 Å². The van der Waals surface area contributed by atoms with Crippen LogP contribution in [0.25, 0.3) is 0 Å². The van der Waals surface area contributed by atoms with Crippen molar-refractivity contribution in [1.29, 1.82) is 0 Å². The standard InChI is InChI=1S/C14H18FNO3/c1-4-9(2)12(14(18)19-3)16-13(17)10-6-5-7-11(15)8-10/h5-9,12H,4H2,1-3H3,(H,16,17)/t9-,12-/m1/s1. The van der Waals surface area contributed by atoms with E-state index in [4.69, 9.17) is 0 Å². The molecule has 1 N–H and O–H groups in total. The van der Waals surface area contributed by atoms with Crippen LogP contribution < -0.4 is 5.32 Å². The molecule has 1 aromatic rings. The number of esters is 1. The smallest absolute Gasteiger partial charge is 0.328 e. The summed E-state index contributed by atoms with van der Waals surface area (Å²) in [6.45, 7) is 3.75. The normalized spacial score (nSPS) is 13.5. The molecule has 0 aromatic heterocycles. The predicted octanol–water partition coefficient (Wildman–Crippen LogP) is 2.14. The van der Waals surface area contributed by atoms with E-state index in [0.29, 0.717) is 6.42 Å². The van der Waals surface area contributed by atoms with Crippen LogP contribution in [0.15, 0.2) is 24.3 Å². The van der Waals surface area contributed by atoms with Crippen molar-refractivity contribution < 1.29 is 18.7 Å². The number of hydrogen-bond acceptors (Lipinski definition) is 3. The molecule has 0 bridgehead atoms. The van der Waals surface area contributed by atoms with E-state index in [2.05, 4.69) is 10.1 Å². The number of carbonyl (C=O) groups excluding carboxylic acids is 2. The van der Waals surface area contributed by atoms with Crippen LogP contribution in [-0.4, -0.2) is 25.0 Å². The van der Waals surface area contributed by atoms with Gasteiger partial charge in [0.05, 0.1) is 7.11 Å². The number of carbonyl (C=O) groups is 2. The third kappa shape index (κ3) is 4.05. The first kappa shape index (κ1) is 15.1. The van der Waals surface area contributed by atoms with Crippen LogP contribution in [0.2, 0.25) is 0 Å². The van der Waals surface area contributed by atoms with Crippen molar-refractivity contribution in [3.05, 3.63) is 35.6 Å². The molecule has 104 valence electrons. The van der Waals surface area contributed by atoms with Gasteiger partial charge in [-0.2, -0.15) is 0 Å². The zero-order valence-corrected chi connectivity index (χ0v) is 11.3. The van der Waals surface area contributed by atoms with Gasteiger partial charge in [-0.05, 0) is 24.1 Å². The molecule has 0 aliphatic heterocycles. The molecule has 0 saturated heterocycles. The van der Waals surface area contributed by atoms with Gasteiger partial charge in [0.2, 0.25) is 0 Å². The number of benzene rings is 1. The molecule has 0 radical (unpaired) electrons. The van der Waals surface area contributed by atoms with Crippen molar-refractivity contribution in [2.75, 3.05) is 7.11 Å². The summed E-state index contributed by atoms with van der Waals surface area (Å²) in [7, 11) is 1.27. The van der Waals surface area contributed by atoms with Crippen molar-refractivity contribution in [1.82, 2.24) is 5.32 Å². The Morgan fingerprint density at radius 1 is 1.42 bits per heavy atom. The molecule has 0 spiro atoms. The van der Waals surface area contributed by atoms with Gasteiger partial charge in [-0.15, -0.1) is 0 Å². The number of ether oxygens (including phenoxy) is 1. The second-order valence-electron chi connectivity index (χ2n) is 4.37. The third-order valence-corrected chi connectivity index (χ3v) is 3.04. The molecule has 0 fully saturated rings. The lowest BCUT2D eigenvalue weighted by Crippen LogP contribution is -2.45. The van der Waals surface area contributed by atoms with E-state index < -0.39 is 23.7 Å². The average Bonchev–Trinajstić information content (AvgIpc) is 2.42. The molecule has 1 rings (SSSR count). The SMILES string of the molecule is CC[C@@H](C)[C@@H](NC(=O)c1cccc(F)c1)C(=O)OC. The van der Waals surface area contributed by atoms with Gasteiger partial charge in [0, 0.05) is 5.56 Å². The Bertz CT molecular complexity index is 462. The fourth-order valence-corrected chi connectivity index (χ4v) is 1.65. The van der Waals surface area contributed by atoms with Gasteiger partial charge in [0.25, 0.3) is 5.91 Å². The summed E-state index contributed by atoms with van der Waals surface area (Å²) < 4.78 is 17.7. The highest BCUT2D eigenvalue weighted by molar-refractivity contribution is 5.96. The van der Waals surface area contributed by atoms with E-state index in [0.717, 1.165) is 6.07 Å². The predicted molar refractivity (Wildman–Crippen MR) is 69.1 cm³/mol. The molecule has 0 heterocycles. The van der Waals surface area contributed by atoms with Crippen LogP contribution >= 0.6 is 0 Å².